The minimum Gasteiger partial charge on any atom is -0.484 e. The average Bonchev–Trinajstić information content (AvgIpc) is 3.62. The third-order valence-electron chi connectivity index (χ3n) is 7.30. The first-order chi connectivity index (χ1) is 18.9. The Morgan fingerprint density at radius 2 is 2.00 bits per heavy atom. The maximum atomic E-state index is 13.3. The van der Waals surface area contributed by atoms with E-state index in [0.717, 1.165) is 37.0 Å². The van der Waals surface area contributed by atoms with Gasteiger partial charge in [0.05, 0.1) is 12.1 Å². The van der Waals surface area contributed by atoms with Gasteiger partial charge in [-0.05, 0) is 60.9 Å². The quantitative estimate of drug-likeness (QED) is 0.418. The number of aromatic nitrogens is 1. The van der Waals surface area contributed by atoms with E-state index in [1.165, 1.54) is 17.4 Å². The highest BCUT2D eigenvalue weighted by atomic mass is 16.5. The molecule has 2 amide bonds. The molecule has 0 saturated carbocycles. The second kappa shape index (κ2) is 12.0. The topological polar surface area (TPSA) is 93.9 Å². The van der Waals surface area contributed by atoms with Crippen LogP contribution in [-0.2, 0) is 22.6 Å². The lowest BCUT2D eigenvalue weighted by Gasteiger charge is -2.38. The van der Waals surface area contributed by atoms with Gasteiger partial charge in [0.15, 0.2) is 12.3 Å². The summed E-state index contributed by atoms with van der Waals surface area (Å²) >= 11 is 0. The van der Waals surface area contributed by atoms with Gasteiger partial charge in [0, 0.05) is 26.1 Å². The van der Waals surface area contributed by atoms with Crippen LogP contribution in [0.5, 0.6) is 5.75 Å². The maximum Gasteiger partial charge on any atom is 0.273 e. The molecule has 3 aromatic rings. The second-order valence-electron chi connectivity index (χ2n) is 10.9. The number of fused-ring (bicyclic) bond motifs is 1. The summed E-state index contributed by atoms with van der Waals surface area (Å²) in [6, 6.07) is 14.3. The molecule has 0 radical (unpaired) electrons. The van der Waals surface area contributed by atoms with Crippen molar-refractivity contribution in [3.63, 3.8) is 0 Å². The fourth-order valence-electron chi connectivity index (χ4n) is 5.26. The first kappa shape index (κ1) is 26.9. The Labute approximate surface area is 229 Å². The number of nitrogens with zero attached hydrogens (tertiary/aromatic N) is 2. The normalized spacial score (nSPS) is 18.7. The van der Waals surface area contributed by atoms with E-state index in [9.17, 15) is 9.59 Å². The molecule has 0 spiro atoms. The molecule has 206 valence electrons. The fourth-order valence-corrected chi connectivity index (χ4v) is 5.26. The zero-order valence-electron chi connectivity index (χ0n) is 22.9. The summed E-state index contributed by atoms with van der Waals surface area (Å²) in [6.45, 7) is 8.19. The Balaban J connectivity index is 1.30. The number of amides is 2. The van der Waals surface area contributed by atoms with Crippen molar-refractivity contribution in [2.75, 3.05) is 19.7 Å². The van der Waals surface area contributed by atoms with Crippen molar-refractivity contribution < 1.29 is 23.5 Å². The van der Waals surface area contributed by atoms with Crippen LogP contribution in [0.4, 0.5) is 0 Å². The van der Waals surface area contributed by atoms with E-state index in [0.29, 0.717) is 31.2 Å². The third kappa shape index (κ3) is 6.50. The number of hydrogen-bond donors (Lipinski definition) is 1. The van der Waals surface area contributed by atoms with E-state index in [1.807, 2.05) is 17.0 Å². The van der Waals surface area contributed by atoms with Gasteiger partial charge in [0.25, 0.3) is 5.91 Å². The Bertz CT molecular complexity index is 1290. The van der Waals surface area contributed by atoms with Crippen molar-refractivity contribution in [1.82, 2.24) is 15.2 Å². The second-order valence-corrected chi connectivity index (χ2v) is 10.9. The van der Waals surface area contributed by atoms with Gasteiger partial charge in [0.1, 0.15) is 12.0 Å². The lowest BCUT2D eigenvalue weighted by atomic mass is 9.87. The molecule has 8 heteroatoms. The zero-order chi connectivity index (χ0) is 27.4. The molecule has 3 heterocycles. The van der Waals surface area contributed by atoms with Gasteiger partial charge < -0.3 is 24.1 Å². The SMILES string of the molecule is Cc1ccc([C@H]2c3cc(OCc4nc(C(=O)NC[C@H]5CCCO5)co4)ccc3CCN2C(=O)CC(C)C)cc1. The number of benzene rings is 2. The predicted molar refractivity (Wildman–Crippen MR) is 146 cm³/mol. The standard InChI is InChI=1S/C31H37N3O5/c1-20(2)15-29(35)34-13-12-22-10-11-24(16-26(22)30(34)23-8-6-21(3)7-9-23)38-19-28-33-27(18-39-28)31(36)32-17-25-5-4-14-37-25/h6-11,16,18,20,25,30H,4-5,12-15,17,19H2,1-3H3,(H,32,36)/t25-,30+/m1/s1. The molecule has 1 N–H and O–H groups in total. The van der Waals surface area contributed by atoms with E-state index >= 15 is 0 Å². The van der Waals surface area contributed by atoms with Crippen LogP contribution < -0.4 is 10.1 Å². The van der Waals surface area contributed by atoms with Crippen molar-refractivity contribution in [2.45, 2.75) is 65.2 Å². The zero-order valence-corrected chi connectivity index (χ0v) is 22.9. The number of nitrogens with one attached hydrogen (secondary N) is 1. The first-order valence-electron chi connectivity index (χ1n) is 13.8. The Hall–Kier alpha value is -3.65. The minimum absolute atomic E-state index is 0.0630. The van der Waals surface area contributed by atoms with Crippen LogP contribution in [0.3, 0.4) is 0 Å². The summed E-state index contributed by atoms with van der Waals surface area (Å²) in [5.74, 6) is 1.14. The first-order valence-corrected chi connectivity index (χ1v) is 13.8. The molecular weight excluding hydrogens is 494 g/mol. The van der Waals surface area contributed by atoms with Crippen LogP contribution >= 0.6 is 0 Å². The molecule has 2 aliphatic heterocycles. The molecule has 0 bridgehead atoms. The predicted octanol–water partition coefficient (Wildman–Crippen LogP) is 4.99. The molecular formula is C31H37N3O5. The van der Waals surface area contributed by atoms with E-state index in [4.69, 9.17) is 13.9 Å². The van der Waals surface area contributed by atoms with Gasteiger partial charge in [-0.3, -0.25) is 9.59 Å². The number of carbonyl (C=O) groups excluding carboxylic acids is 2. The smallest absolute Gasteiger partial charge is 0.273 e. The van der Waals surface area contributed by atoms with Gasteiger partial charge in [-0.15, -0.1) is 0 Å². The van der Waals surface area contributed by atoms with Crippen molar-refractivity contribution in [3.05, 3.63) is 82.6 Å². The highest BCUT2D eigenvalue weighted by Gasteiger charge is 2.32. The number of oxazole rings is 1. The average molecular weight is 532 g/mol. The van der Waals surface area contributed by atoms with Gasteiger partial charge in [-0.2, -0.15) is 0 Å². The van der Waals surface area contributed by atoms with Crippen molar-refractivity contribution >= 4 is 11.8 Å². The van der Waals surface area contributed by atoms with Crippen molar-refractivity contribution in [3.8, 4) is 5.75 Å². The number of ether oxygens (including phenoxy) is 2. The van der Waals surface area contributed by atoms with E-state index in [1.54, 1.807) is 0 Å². The maximum absolute atomic E-state index is 13.3. The van der Waals surface area contributed by atoms with Crippen LogP contribution in [-0.4, -0.2) is 47.5 Å². The van der Waals surface area contributed by atoms with Gasteiger partial charge in [-0.25, -0.2) is 4.98 Å². The van der Waals surface area contributed by atoms with Gasteiger partial charge >= 0.3 is 0 Å². The van der Waals surface area contributed by atoms with Gasteiger partial charge in [0.2, 0.25) is 11.8 Å². The van der Waals surface area contributed by atoms with Crippen molar-refractivity contribution in [1.29, 1.82) is 0 Å². The number of aryl methyl sites for hydroxylation is 1. The van der Waals surface area contributed by atoms with Crippen LogP contribution in [0.2, 0.25) is 0 Å². The summed E-state index contributed by atoms with van der Waals surface area (Å²) in [5.41, 5.74) is 4.76. The van der Waals surface area contributed by atoms with Crippen LogP contribution in [0.15, 0.2) is 53.1 Å². The number of hydrogen-bond acceptors (Lipinski definition) is 6. The summed E-state index contributed by atoms with van der Waals surface area (Å²) in [5, 5.41) is 2.85. The minimum atomic E-state index is -0.290. The van der Waals surface area contributed by atoms with Crippen LogP contribution in [0.25, 0.3) is 0 Å². The Morgan fingerprint density at radius 1 is 1.18 bits per heavy atom. The molecule has 8 nitrogen and oxygen atoms in total. The van der Waals surface area contributed by atoms with Crippen molar-refractivity contribution in [2.24, 2.45) is 5.92 Å². The van der Waals surface area contributed by atoms with E-state index in [-0.39, 0.29) is 42.2 Å². The Kier molecular flexibility index (Phi) is 8.31. The summed E-state index contributed by atoms with van der Waals surface area (Å²) in [4.78, 5) is 32.0. The third-order valence-corrected chi connectivity index (χ3v) is 7.30. The summed E-state index contributed by atoms with van der Waals surface area (Å²) < 4.78 is 17.1. The molecule has 39 heavy (non-hydrogen) atoms. The molecule has 1 saturated heterocycles. The molecule has 2 aliphatic rings. The molecule has 0 unspecified atom stereocenters. The molecule has 0 aliphatic carbocycles. The summed E-state index contributed by atoms with van der Waals surface area (Å²) in [6.07, 6.45) is 4.70. The van der Waals surface area contributed by atoms with E-state index in [2.05, 4.69) is 61.4 Å². The fraction of sp³-hybridized carbons (Fsp3) is 0.452. The highest BCUT2D eigenvalue weighted by molar-refractivity contribution is 5.91. The van der Waals surface area contributed by atoms with Gasteiger partial charge in [-0.1, -0.05) is 49.7 Å². The molecule has 5 rings (SSSR count). The van der Waals surface area contributed by atoms with E-state index < -0.39 is 0 Å². The summed E-state index contributed by atoms with van der Waals surface area (Å²) in [7, 11) is 0. The molecule has 1 aromatic heterocycles. The monoisotopic (exact) mass is 531 g/mol. The lowest BCUT2D eigenvalue weighted by Crippen LogP contribution is -2.41. The largest absolute Gasteiger partial charge is 0.484 e. The lowest BCUT2D eigenvalue weighted by molar-refractivity contribution is -0.134. The van der Waals surface area contributed by atoms with Crippen LogP contribution in [0.1, 0.15) is 77.8 Å². The molecule has 1 fully saturated rings. The Morgan fingerprint density at radius 3 is 2.74 bits per heavy atom. The number of rotatable bonds is 9. The van der Waals surface area contributed by atoms with Crippen LogP contribution in [0, 0.1) is 12.8 Å². The highest BCUT2D eigenvalue weighted by Crippen LogP contribution is 2.38. The molecule has 2 atom stereocenters. The molecule has 2 aromatic carbocycles. The number of carbonyl (C=O) groups is 2.